The molecule has 0 amide bonds. The molecule has 27 heavy (non-hydrogen) atoms. The fourth-order valence-electron chi connectivity index (χ4n) is 2.14. The maximum atomic E-state index is 8.61. The lowest BCUT2D eigenvalue weighted by Crippen LogP contribution is -2.02. The van der Waals surface area contributed by atoms with Gasteiger partial charge in [0.1, 0.15) is 6.07 Å². The fourth-order valence-corrected chi connectivity index (χ4v) is 2.14. The van der Waals surface area contributed by atoms with Crippen LogP contribution in [-0.2, 0) is 22.7 Å². The number of ether oxygens (including phenoxy) is 2. The highest BCUT2D eigenvalue weighted by molar-refractivity contribution is 5.49. The predicted molar refractivity (Wildman–Crippen MR) is 106 cm³/mol. The average Bonchev–Trinajstić information content (AvgIpc) is 2.65. The van der Waals surface area contributed by atoms with E-state index in [2.05, 4.69) is 15.9 Å². The lowest BCUT2D eigenvalue weighted by atomic mass is 10.1. The van der Waals surface area contributed by atoms with Crippen molar-refractivity contribution in [1.29, 1.82) is 5.26 Å². The van der Waals surface area contributed by atoms with Crippen molar-refractivity contribution in [3.05, 3.63) is 70.3 Å². The molecule has 142 valence electrons. The van der Waals surface area contributed by atoms with Gasteiger partial charge in [0.25, 0.3) is 0 Å². The minimum Gasteiger partial charge on any atom is -0.374 e. The molecule has 0 N–H and O–H groups in total. The normalized spacial score (nSPS) is 10.1. The van der Waals surface area contributed by atoms with E-state index in [-0.39, 0.29) is 12.2 Å². The van der Waals surface area contributed by atoms with Gasteiger partial charge in [-0.1, -0.05) is 23.8 Å². The number of aromatic nitrogens is 1. The largest absolute Gasteiger partial charge is 0.374 e. The average molecular weight is 365 g/mol. The van der Waals surface area contributed by atoms with Gasteiger partial charge in [0.15, 0.2) is 5.69 Å². The minimum absolute atomic E-state index is 0.200. The van der Waals surface area contributed by atoms with Crippen LogP contribution in [0.25, 0.3) is 4.85 Å². The molecule has 1 aromatic heterocycles. The Hall–Kier alpha value is -2.73. The fraction of sp³-hybridized carbons (Fsp3) is 0.409. The molecule has 0 bridgehead atoms. The third-order valence-electron chi connectivity index (χ3n) is 3.34. The van der Waals surface area contributed by atoms with Crippen molar-refractivity contribution in [3.63, 3.8) is 0 Å². The molecule has 5 nitrogen and oxygen atoms in total. The Labute approximate surface area is 162 Å². The summed E-state index contributed by atoms with van der Waals surface area (Å²) in [5.41, 5.74) is 4.38. The van der Waals surface area contributed by atoms with E-state index < -0.39 is 0 Å². The summed E-state index contributed by atoms with van der Waals surface area (Å²) in [5, 5.41) is 8.61. The summed E-state index contributed by atoms with van der Waals surface area (Å²) in [4.78, 5) is 7.34. The molecule has 0 unspecified atom stereocenters. The van der Waals surface area contributed by atoms with Crippen molar-refractivity contribution >= 4 is 5.69 Å². The monoisotopic (exact) mass is 365 g/mol. The van der Waals surface area contributed by atoms with Gasteiger partial charge in [-0.15, -0.1) is 0 Å². The Morgan fingerprint density at radius 1 is 1.00 bits per heavy atom. The van der Waals surface area contributed by atoms with E-state index in [1.807, 2.05) is 52.8 Å². The zero-order valence-electron chi connectivity index (χ0n) is 16.7. The van der Waals surface area contributed by atoms with Crippen molar-refractivity contribution in [2.24, 2.45) is 0 Å². The van der Waals surface area contributed by atoms with E-state index >= 15 is 0 Å². The number of aryl methyl sites for hydroxylation is 1. The van der Waals surface area contributed by atoms with Crippen LogP contribution in [0.5, 0.6) is 0 Å². The number of nitriles is 1. The van der Waals surface area contributed by atoms with Crippen molar-refractivity contribution in [2.75, 3.05) is 0 Å². The summed E-state index contributed by atoms with van der Waals surface area (Å²) >= 11 is 0. The van der Waals surface area contributed by atoms with Crippen LogP contribution in [0.4, 0.5) is 5.69 Å². The second kappa shape index (κ2) is 11.8. The van der Waals surface area contributed by atoms with Crippen LogP contribution in [0.2, 0.25) is 0 Å². The van der Waals surface area contributed by atoms with Gasteiger partial charge < -0.3 is 9.47 Å². The minimum atomic E-state index is 0.200. The zero-order chi connectivity index (χ0) is 20.2. The number of hydrogen-bond donors (Lipinski definition) is 0. The van der Waals surface area contributed by atoms with Crippen LogP contribution in [0.3, 0.4) is 0 Å². The SMILES string of the molecule is CC(C)OCc1cncc(C#N)c1.[C-]#[N+]c1cc(C)cc(COC(C)C)c1. The molecule has 0 aliphatic carbocycles. The number of rotatable bonds is 6. The van der Waals surface area contributed by atoms with Crippen molar-refractivity contribution < 1.29 is 9.47 Å². The first-order chi connectivity index (χ1) is 12.8. The van der Waals surface area contributed by atoms with Gasteiger partial charge in [-0.2, -0.15) is 5.26 Å². The van der Waals surface area contributed by atoms with Gasteiger partial charge in [-0.3, -0.25) is 4.98 Å². The summed E-state index contributed by atoms with van der Waals surface area (Å²) < 4.78 is 10.9. The van der Waals surface area contributed by atoms with Crippen LogP contribution in [0, 0.1) is 24.8 Å². The molecule has 0 saturated carbocycles. The topological polar surface area (TPSA) is 59.5 Å². The Balaban J connectivity index is 0.000000271. The molecule has 0 spiro atoms. The molecule has 5 heteroatoms. The smallest absolute Gasteiger partial charge is 0.187 e. The van der Waals surface area contributed by atoms with Crippen molar-refractivity contribution in [2.45, 2.75) is 60.0 Å². The summed E-state index contributed by atoms with van der Waals surface area (Å²) in [6.07, 6.45) is 3.68. The van der Waals surface area contributed by atoms with Gasteiger partial charge in [0, 0.05) is 12.4 Å². The van der Waals surface area contributed by atoms with Gasteiger partial charge >= 0.3 is 0 Å². The summed E-state index contributed by atoms with van der Waals surface area (Å²) in [5.74, 6) is 0. The second-order valence-corrected chi connectivity index (χ2v) is 6.70. The first kappa shape index (κ1) is 22.3. The standard InChI is InChI=1S/C12H15NO.C10H12N2O/c1-9(2)14-8-11-5-10(3)6-12(7-11)13-4;1-8(2)13-7-10-3-9(4-11)5-12-6-10/h5-7,9H,8H2,1-3H3;3,5-6,8H,7H2,1-2H3. The van der Waals surface area contributed by atoms with Crippen LogP contribution in [0.15, 0.2) is 36.7 Å². The van der Waals surface area contributed by atoms with E-state index in [4.69, 9.17) is 21.3 Å². The lowest BCUT2D eigenvalue weighted by molar-refractivity contribution is 0.0654. The van der Waals surface area contributed by atoms with Gasteiger partial charge in [0.05, 0.1) is 37.6 Å². The molecule has 2 aromatic rings. The Kier molecular flexibility index (Phi) is 9.75. The van der Waals surface area contributed by atoms with Gasteiger partial charge in [0.2, 0.25) is 0 Å². The lowest BCUT2D eigenvalue weighted by Gasteiger charge is -2.08. The predicted octanol–water partition coefficient (Wildman–Crippen LogP) is 5.35. The molecular formula is C22H27N3O2. The van der Waals surface area contributed by atoms with E-state index in [9.17, 15) is 0 Å². The Morgan fingerprint density at radius 3 is 2.19 bits per heavy atom. The number of nitrogens with zero attached hydrogens (tertiary/aromatic N) is 3. The van der Waals surface area contributed by atoms with E-state index in [0.717, 1.165) is 16.7 Å². The molecule has 1 heterocycles. The first-order valence-electron chi connectivity index (χ1n) is 8.89. The number of pyridine rings is 1. The van der Waals surface area contributed by atoms with Gasteiger partial charge in [-0.25, -0.2) is 4.85 Å². The molecule has 0 aliphatic rings. The molecular weight excluding hydrogens is 338 g/mol. The second-order valence-electron chi connectivity index (χ2n) is 6.70. The zero-order valence-corrected chi connectivity index (χ0v) is 16.7. The molecule has 1 aromatic carbocycles. The molecule has 2 rings (SSSR count). The van der Waals surface area contributed by atoms with E-state index in [0.29, 0.717) is 24.5 Å². The van der Waals surface area contributed by atoms with Crippen LogP contribution in [-0.4, -0.2) is 17.2 Å². The van der Waals surface area contributed by atoms with Crippen LogP contribution in [0.1, 0.15) is 49.9 Å². The van der Waals surface area contributed by atoms with Crippen molar-refractivity contribution in [1.82, 2.24) is 4.98 Å². The summed E-state index contributed by atoms with van der Waals surface area (Å²) in [7, 11) is 0. The van der Waals surface area contributed by atoms with Crippen LogP contribution >= 0.6 is 0 Å². The number of benzene rings is 1. The van der Waals surface area contributed by atoms with Crippen LogP contribution < -0.4 is 0 Å². The van der Waals surface area contributed by atoms with Crippen molar-refractivity contribution in [3.8, 4) is 6.07 Å². The Bertz CT molecular complexity index is 802. The summed E-state index contributed by atoms with van der Waals surface area (Å²) in [6.45, 7) is 18.0. The number of hydrogen-bond acceptors (Lipinski definition) is 4. The molecule has 0 atom stereocenters. The third kappa shape index (κ3) is 9.51. The third-order valence-corrected chi connectivity index (χ3v) is 3.34. The highest BCUT2D eigenvalue weighted by atomic mass is 16.5. The molecule has 0 aliphatic heterocycles. The maximum absolute atomic E-state index is 8.61. The summed E-state index contributed by atoms with van der Waals surface area (Å²) in [6, 6.07) is 9.63. The highest BCUT2D eigenvalue weighted by Gasteiger charge is 2.00. The maximum Gasteiger partial charge on any atom is 0.187 e. The van der Waals surface area contributed by atoms with Gasteiger partial charge in [-0.05, 0) is 51.8 Å². The first-order valence-corrected chi connectivity index (χ1v) is 8.89. The Morgan fingerprint density at radius 2 is 1.63 bits per heavy atom. The highest BCUT2D eigenvalue weighted by Crippen LogP contribution is 2.18. The quantitative estimate of drug-likeness (QED) is 0.648. The molecule has 0 saturated heterocycles. The molecule has 0 radical (unpaired) electrons. The molecule has 0 fully saturated rings. The van der Waals surface area contributed by atoms with E-state index in [1.54, 1.807) is 18.5 Å². The van der Waals surface area contributed by atoms with E-state index in [1.165, 1.54) is 0 Å².